The number of carbonyl (C=O) groups is 1. The molecular formula is C20H16ClN5O3. The molecule has 0 atom stereocenters. The molecule has 0 unspecified atom stereocenters. The van der Waals surface area contributed by atoms with Crippen LogP contribution in [0.25, 0.3) is 28.0 Å². The van der Waals surface area contributed by atoms with Crippen LogP contribution in [0.15, 0.2) is 41.3 Å². The van der Waals surface area contributed by atoms with Gasteiger partial charge in [0, 0.05) is 16.8 Å². The molecule has 0 aliphatic heterocycles. The molecule has 0 aliphatic carbocycles. The lowest BCUT2D eigenvalue weighted by Gasteiger charge is -2.15. The van der Waals surface area contributed by atoms with Crippen molar-refractivity contribution in [1.29, 1.82) is 0 Å². The van der Waals surface area contributed by atoms with Gasteiger partial charge in [-0.1, -0.05) is 23.7 Å². The van der Waals surface area contributed by atoms with Crippen LogP contribution in [0.4, 0.5) is 0 Å². The summed E-state index contributed by atoms with van der Waals surface area (Å²) in [4.78, 5) is 34.7. The van der Waals surface area contributed by atoms with Crippen molar-refractivity contribution in [1.82, 2.24) is 24.7 Å². The number of aryl methyl sites for hydroxylation is 2. The Bertz CT molecular complexity index is 1310. The number of halogens is 1. The number of carbonyl (C=O) groups excluding carboxylic acids is 1. The topological polar surface area (TPSA) is 103 Å². The van der Waals surface area contributed by atoms with E-state index in [1.807, 2.05) is 0 Å². The van der Waals surface area contributed by atoms with Crippen LogP contribution < -0.4 is 5.56 Å². The van der Waals surface area contributed by atoms with E-state index >= 15 is 0 Å². The van der Waals surface area contributed by atoms with E-state index in [0.717, 1.165) is 0 Å². The van der Waals surface area contributed by atoms with Gasteiger partial charge in [-0.2, -0.15) is 4.98 Å². The number of H-pyrrole nitrogens is 1. The van der Waals surface area contributed by atoms with Crippen molar-refractivity contribution in [2.75, 3.05) is 7.11 Å². The fourth-order valence-corrected chi connectivity index (χ4v) is 3.38. The molecular weight excluding hydrogens is 394 g/mol. The number of esters is 1. The Morgan fingerprint density at radius 2 is 1.86 bits per heavy atom. The van der Waals surface area contributed by atoms with E-state index in [4.69, 9.17) is 16.3 Å². The molecule has 29 heavy (non-hydrogen) atoms. The number of nitrogens with one attached hydrogen (secondary N) is 1. The first-order valence-corrected chi connectivity index (χ1v) is 9.08. The van der Waals surface area contributed by atoms with Crippen LogP contribution in [0, 0.1) is 13.8 Å². The molecule has 9 heteroatoms. The van der Waals surface area contributed by atoms with Crippen molar-refractivity contribution in [2.45, 2.75) is 13.8 Å². The van der Waals surface area contributed by atoms with Gasteiger partial charge in [-0.15, -0.1) is 5.10 Å². The SMILES string of the molecule is COC(=O)c1c(C)nc2ccn(-c3n[nH]c(C)n3)c(=O)c2c1-c1ccc(Cl)cc1. The first kappa shape index (κ1) is 18.8. The Balaban J connectivity index is 2.15. The number of ether oxygens (including phenoxy) is 1. The molecule has 0 spiro atoms. The maximum Gasteiger partial charge on any atom is 0.340 e. The van der Waals surface area contributed by atoms with Crippen LogP contribution in [0.3, 0.4) is 0 Å². The second kappa shape index (κ2) is 7.14. The highest BCUT2D eigenvalue weighted by molar-refractivity contribution is 6.30. The molecule has 0 aliphatic rings. The maximum atomic E-state index is 13.4. The van der Waals surface area contributed by atoms with Gasteiger partial charge in [-0.25, -0.2) is 9.36 Å². The quantitative estimate of drug-likeness (QED) is 0.521. The molecule has 1 aromatic carbocycles. The lowest BCUT2D eigenvalue weighted by atomic mass is 9.95. The summed E-state index contributed by atoms with van der Waals surface area (Å²) in [5.74, 6) is 0.198. The molecule has 4 aromatic rings. The van der Waals surface area contributed by atoms with Gasteiger partial charge < -0.3 is 4.74 Å². The van der Waals surface area contributed by atoms with Crippen molar-refractivity contribution in [3.05, 3.63) is 69.0 Å². The molecule has 3 aromatic heterocycles. The zero-order chi connectivity index (χ0) is 20.7. The van der Waals surface area contributed by atoms with E-state index in [2.05, 4.69) is 20.2 Å². The highest BCUT2D eigenvalue weighted by Gasteiger charge is 2.24. The van der Waals surface area contributed by atoms with E-state index in [-0.39, 0.29) is 16.9 Å². The normalized spacial score (nSPS) is 11.0. The highest BCUT2D eigenvalue weighted by atomic mass is 35.5. The predicted molar refractivity (Wildman–Crippen MR) is 109 cm³/mol. The number of aromatic nitrogens is 5. The first-order valence-electron chi connectivity index (χ1n) is 8.70. The smallest absolute Gasteiger partial charge is 0.340 e. The monoisotopic (exact) mass is 409 g/mol. The lowest BCUT2D eigenvalue weighted by molar-refractivity contribution is 0.0600. The number of pyridine rings is 2. The molecule has 146 valence electrons. The third kappa shape index (κ3) is 3.17. The average molecular weight is 410 g/mol. The van der Waals surface area contributed by atoms with Crippen molar-refractivity contribution in [2.24, 2.45) is 0 Å². The van der Waals surface area contributed by atoms with Crippen LogP contribution in [-0.4, -0.2) is 37.8 Å². The van der Waals surface area contributed by atoms with E-state index in [0.29, 0.717) is 33.2 Å². The van der Waals surface area contributed by atoms with Gasteiger partial charge in [0.05, 0.1) is 29.3 Å². The molecule has 0 saturated carbocycles. The summed E-state index contributed by atoms with van der Waals surface area (Å²) < 4.78 is 6.28. The molecule has 0 radical (unpaired) electrons. The second-order valence-electron chi connectivity index (χ2n) is 6.42. The summed E-state index contributed by atoms with van der Waals surface area (Å²) in [5.41, 5.74) is 1.81. The number of rotatable bonds is 3. The van der Waals surface area contributed by atoms with Crippen LogP contribution in [0.5, 0.6) is 0 Å². The number of fused-ring (bicyclic) bond motifs is 1. The summed E-state index contributed by atoms with van der Waals surface area (Å²) in [7, 11) is 1.29. The molecule has 3 heterocycles. The van der Waals surface area contributed by atoms with Crippen molar-refractivity contribution in [3.63, 3.8) is 0 Å². The number of aromatic amines is 1. The molecule has 1 N–H and O–H groups in total. The van der Waals surface area contributed by atoms with E-state index in [1.165, 1.54) is 11.7 Å². The van der Waals surface area contributed by atoms with Crippen LogP contribution >= 0.6 is 11.6 Å². The number of nitrogens with zero attached hydrogens (tertiary/aromatic N) is 4. The number of benzene rings is 1. The van der Waals surface area contributed by atoms with Gasteiger partial charge in [0.25, 0.3) is 11.5 Å². The standard InChI is InChI=1S/C20H16ClN5O3/c1-10-15(19(28)29-3)16(12-4-6-13(21)7-5-12)17-14(22-10)8-9-26(18(17)27)20-23-11(2)24-25-20/h4-9H,1-3H3,(H,23,24,25). The fourth-order valence-electron chi connectivity index (χ4n) is 3.25. The van der Waals surface area contributed by atoms with Gasteiger partial charge in [-0.3, -0.25) is 14.9 Å². The first-order chi connectivity index (χ1) is 13.9. The van der Waals surface area contributed by atoms with Crippen LogP contribution in [-0.2, 0) is 4.74 Å². The number of hydrogen-bond acceptors (Lipinski definition) is 6. The second-order valence-corrected chi connectivity index (χ2v) is 6.85. The summed E-state index contributed by atoms with van der Waals surface area (Å²) in [6, 6.07) is 8.57. The average Bonchev–Trinajstić information content (AvgIpc) is 3.13. The Kier molecular flexibility index (Phi) is 4.63. The van der Waals surface area contributed by atoms with E-state index < -0.39 is 11.5 Å². The van der Waals surface area contributed by atoms with Gasteiger partial charge in [-0.05, 0) is 37.6 Å². The van der Waals surface area contributed by atoms with Gasteiger partial charge in [0.2, 0.25) is 0 Å². The summed E-state index contributed by atoms with van der Waals surface area (Å²) in [6.45, 7) is 3.44. The van der Waals surface area contributed by atoms with E-state index in [1.54, 1.807) is 50.4 Å². The summed E-state index contributed by atoms with van der Waals surface area (Å²) in [6.07, 6.45) is 1.56. The molecule has 0 amide bonds. The van der Waals surface area contributed by atoms with Gasteiger partial charge in [0.15, 0.2) is 0 Å². The van der Waals surface area contributed by atoms with Gasteiger partial charge in [0.1, 0.15) is 5.82 Å². The summed E-state index contributed by atoms with van der Waals surface area (Å²) >= 11 is 6.03. The van der Waals surface area contributed by atoms with Crippen molar-refractivity contribution < 1.29 is 9.53 Å². The fraction of sp³-hybridized carbons (Fsp3) is 0.150. The molecule has 0 saturated heterocycles. The summed E-state index contributed by atoms with van der Waals surface area (Å²) in [5, 5.41) is 7.58. The van der Waals surface area contributed by atoms with E-state index in [9.17, 15) is 9.59 Å². The predicted octanol–water partition coefficient (Wildman–Crippen LogP) is 3.23. The van der Waals surface area contributed by atoms with Gasteiger partial charge >= 0.3 is 5.97 Å². The Morgan fingerprint density at radius 1 is 1.14 bits per heavy atom. The Hall–Kier alpha value is -3.52. The number of methoxy groups -OCH3 is 1. The third-order valence-corrected chi connectivity index (χ3v) is 4.80. The minimum atomic E-state index is -0.578. The third-order valence-electron chi connectivity index (χ3n) is 4.54. The zero-order valence-corrected chi connectivity index (χ0v) is 16.6. The minimum absolute atomic E-state index is 0.205. The molecule has 8 nitrogen and oxygen atoms in total. The number of hydrogen-bond donors (Lipinski definition) is 1. The largest absolute Gasteiger partial charge is 0.465 e. The maximum absolute atomic E-state index is 13.4. The Morgan fingerprint density at radius 3 is 2.48 bits per heavy atom. The molecule has 0 bridgehead atoms. The van der Waals surface area contributed by atoms with Crippen LogP contribution in [0.2, 0.25) is 5.02 Å². The van der Waals surface area contributed by atoms with Crippen LogP contribution in [0.1, 0.15) is 21.9 Å². The minimum Gasteiger partial charge on any atom is -0.465 e. The molecule has 0 fully saturated rings. The Labute approximate surface area is 170 Å². The van der Waals surface area contributed by atoms with Crippen molar-refractivity contribution in [3.8, 4) is 17.1 Å². The van der Waals surface area contributed by atoms with Crippen molar-refractivity contribution >= 4 is 28.5 Å². The highest BCUT2D eigenvalue weighted by Crippen LogP contribution is 2.32. The zero-order valence-electron chi connectivity index (χ0n) is 15.9. The molecule has 4 rings (SSSR count). The lowest BCUT2D eigenvalue weighted by Crippen LogP contribution is -2.21.